The van der Waals surface area contributed by atoms with Crippen LogP contribution in [0.15, 0.2) is 0 Å². The van der Waals surface area contributed by atoms with E-state index in [1.165, 1.54) is 70.6 Å². The third-order valence-corrected chi connectivity index (χ3v) is 8.34. The molecule has 0 aromatic carbocycles. The molecule has 0 aromatic rings. The monoisotopic (exact) mass is 553 g/mol. The van der Waals surface area contributed by atoms with Gasteiger partial charge in [0.25, 0.3) is 0 Å². The van der Waals surface area contributed by atoms with E-state index < -0.39 is 0 Å². The van der Waals surface area contributed by atoms with Crippen LogP contribution in [0.1, 0.15) is 170 Å². The maximum absolute atomic E-state index is 13.1. The first kappa shape index (κ1) is 37.9. The van der Waals surface area contributed by atoms with Crippen molar-refractivity contribution in [2.24, 2.45) is 29.6 Å². The lowest BCUT2D eigenvalue weighted by Crippen LogP contribution is -2.38. The highest BCUT2D eigenvalue weighted by atomic mass is 16.5. The van der Waals surface area contributed by atoms with Gasteiger partial charge in [-0.3, -0.25) is 9.59 Å². The molecule has 0 bridgehead atoms. The summed E-state index contributed by atoms with van der Waals surface area (Å²) in [7, 11) is 0. The largest absolute Gasteiger partial charge is 0.465 e. The topological polar surface area (TPSA) is 52.6 Å². The fourth-order valence-electron chi connectivity index (χ4n) is 5.81. The van der Waals surface area contributed by atoms with Crippen molar-refractivity contribution in [3.8, 4) is 0 Å². The van der Waals surface area contributed by atoms with Gasteiger partial charge in [-0.25, -0.2) is 0 Å². The van der Waals surface area contributed by atoms with Crippen molar-refractivity contribution in [3.05, 3.63) is 0 Å². The molecular weight excluding hydrogens is 484 g/mol. The van der Waals surface area contributed by atoms with E-state index in [0.29, 0.717) is 19.1 Å². The first-order valence-corrected chi connectivity index (χ1v) is 17.2. The Morgan fingerprint density at radius 3 is 1.69 bits per heavy atom. The molecule has 4 heteroatoms. The highest BCUT2D eigenvalue weighted by Crippen LogP contribution is 2.38. The number of carbonyl (C=O) groups is 2. The fourth-order valence-corrected chi connectivity index (χ4v) is 5.81. The van der Waals surface area contributed by atoms with Crippen LogP contribution in [-0.2, 0) is 19.1 Å². The van der Waals surface area contributed by atoms with Gasteiger partial charge in [0.05, 0.1) is 25.0 Å². The summed E-state index contributed by atoms with van der Waals surface area (Å²) in [6.07, 6.45) is 21.5. The van der Waals surface area contributed by atoms with Gasteiger partial charge in [-0.1, -0.05) is 138 Å². The van der Waals surface area contributed by atoms with Crippen molar-refractivity contribution in [2.45, 2.75) is 170 Å². The van der Waals surface area contributed by atoms with Gasteiger partial charge < -0.3 is 9.47 Å². The van der Waals surface area contributed by atoms with Crippen molar-refractivity contribution in [1.29, 1.82) is 0 Å². The molecule has 0 N–H and O–H groups in total. The summed E-state index contributed by atoms with van der Waals surface area (Å²) >= 11 is 0. The lowest BCUT2D eigenvalue weighted by atomic mass is 9.72. The molecule has 4 nitrogen and oxygen atoms in total. The molecule has 0 saturated heterocycles. The van der Waals surface area contributed by atoms with Crippen LogP contribution in [0.4, 0.5) is 0 Å². The van der Waals surface area contributed by atoms with Gasteiger partial charge >= 0.3 is 11.9 Å². The molecule has 0 amide bonds. The number of rotatable bonds is 22. The molecule has 0 aliphatic heterocycles. The number of esters is 2. The molecule has 0 heterocycles. The summed E-state index contributed by atoms with van der Waals surface area (Å²) < 4.78 is 11.4. The summed E-state index contributed by atoms with van der Waals surface area (Å²) in [5.41, 5.74) is 0. The van der Waals surface area contributed by atoms with E-state index in [-0.39, 0.29) is 23.8 Å². The Morgan fingerprint density at radius 1 is 0.641 bits per heavy atom. The van der Waals surface area contributed by atoms with Crippen molar-refractivity contribution in [2.75, 3.05) is 13.2 Å². The SMILES string of the molecule is CC.CCCCCCCOC(=O)C1CCC(CCCC(C)CCCC(C)C)CC1C(=O)OCCCCCCC. The summed E-state index contributed by atoms with van der Waals surface area (Å²) in [4.78, 5) is 26.1. The Morgan fingerprint density at radius 2 is 1.15 bits per heavy atom. The van der Waals surface area contributed by atoms with E-state index in [1.54, 1.807) is 0 Å². The van der Waals surface area contributed by atoms with Crippen LogP contribution in [0.3, 0.4) is 0 Å². The minimum atomic E-state index is -0.328. The highest BCUT2D eigenvalue weighted by Gasteiger charge is 2.41. The zero-order valence-corrected chi connectivity index (χ0v) is 27.4. The van der Waals surface area contributed by atoms with Gasteiger partial charge in [0, 0.05) is 0 Å². The lowest BCUT2D eigenvalue weighted by molar-refractivity contribution is -0.164. The van der Waals surface area contributed by atoms with Crippen molar-refractivity contribution >= 4 is 11.9 Å². The van der Waals surface area contributed by atoms with Crippen LogP contribution in [0.5, 0.6) is 0 Å². The van der Waals surface area contributed by atoms with Crippen molar-refractivity contribution in [3.63, 3.8) is 0 Å². The molecule has 4 unspecified atom stereocenters. The molecule has 1 saturated carbocycles. The van der Waals surface area contributed by atoms with Gasteiger partial charge in [-0.05, 0) is 49.9 Å². The number of hydrogen-bond donors (Lipinski definition) is 0. The number of ether oxygens (including phenoxy) is 2. The minimum absolute atomic E-state index is 0.160. The van der Waals surface area contributed by atoms with Crippen LogP contribution in [0.2, 0.25) is 0 Å². The Hall–Kier alpha value is -1.06. The Kier molecular flexibility index (Phi) is 25.2. The van der Waals surface area contributed by atoms with Crippen molar-refractivity contribution in [1.82, 2.24) is 0 Å². The second kappa shape index (κ2) is 25.9. The second-order valence-corrected chi connectivity index (χ2v) is 12.4. The third-order valence-electron chi connectivity index (χ3n) is 8.34. The first-order valence-electron chi connectivity index (χ1n) is 17.2. The molecule has 0 radical (unpaired) electrons. The molecule has 1 fully saturated rings. The molecule has 232 valence electrons. The normalized spacial score (nSPS) is 19.7. The highest BCUT2D eigenvalue weighted by molar-refractivity contribution is 5.82. The summed E-state index contributed by atoms with van der Waals surface area (Å²) in [6, 6.07) is 0. The predicted octanol–water partition coefficient (Wildman–Crippen LogP) is 10.7. The summed E-state index contributed by atoms with van der Waals surface area (Å²) in [5, 5.41) is 0. The summed E-state index contributed by atoms with van der Waals surface area (Å²) in [5.74, 6) is 1.10. The van der Waals surface area contributed by atoms with Gasteiger partial charge in [0.15, 0.2) is 0 Å². The van der Waals surface area contributed by atoms with Gasteiger partial charge in [-0.2, -0.15) is 0 Å². The van der Waals surface area contributed by atoms with E-state index in [4.69, 9.17) is 9.47 Å². The number of unbranched alkanes of at least 4 members (excludes halogenated alkanes) is 8. The number of hydrogen-bond acceptors (Lipinski definition) is 4. The van der Waals surface area contributed by atoms with Gasteiger partial charge in [0.1, 0.15) is 0 Å². The zero-order valence-electron chi connectivity index (χ0n) is 27.4. The molecule has 4 atom stereocenters. The minimum Gasteiger partial charge on any atom is -0.465 e. The van der Waals surface area contributed by atoms with E-state index in [9.17, 15) is 9.59 Å². The first-order chi connectivity index (χ1) is 18.9. The van der Waals surface area contributed by atoms with Crippen LogP contribution in [-0.4, -0.2) is 25.2 Å². The molecule has 1 rings (SSSR count). The maximum atomic E-state index is 13.1. The quantitative estimate of drug-likeness (QED) is 0.0990. The predicted molar refractivity (Wildman–Crippen MR) is 167 cm³/mol. The van der Waals surface area contributed by atoms with Crippen LogP contribution in [0.25, 0.3) is 0 Å². The Labute approximate surface area is 244 Å². The van der Waals surface area contributed by atoms with Gasteiger partial charge in [-0.15, -0.1) is 0 Å². The molecule has 1 aliphatic rings. The fraction of sp³-hybridized carbons (Fsp3) is 0.943. The Balaban J connectivity index is 0.00000704. The third kappa shape index (κ3) is 19.6. The van der Waals surface area contributed by atoms with Crippen LogP contribution < -0.4 is 0 Å². The van der Waals surface area contributed by atoms with E-state index in [1.807, 2.05) is 13.8 Å². The average molecular weight is 553 g/mol. The average Bonchev–Trinajstić information content (AvgIpc) is 2.93. The molecule has 0 aromatic heterocycles. The summed E-state index contributed by atoms with van der Waals surface area (Å²) in [6.45, 7) is 16.4. The maximum Gasteiger partial charge on any atom is 0.309 e. The smallest absolute Gasteiger partial charge is 0.309 e. The second-order valence-electron chi connectivity index (χ2n) is 12.4. The zero-order chi connectivity index (χ0) is 29.3. The van der Waals surface area contributed by atoms with Crippen LogP contribution >= 0.6 is 0 Å². The molecule has 1 aliphatic carbocycles. The number of carbonyl (C=O) groups excluding carboxylic acids is 2. The Bertz CT molecular complexity index is 573. The van der Waals surface area contributed by atoms with Gasteiger partial charge in [0.2, 0.25) is 0 Å². The van der Waals surface area contributed by atoms with E-state index in [0.717, 1.165) is 63.2 Å². The van der Waals surface area contributed by atoms with E-state index in [2.05, 4.69) is 34.6 Å². The molecule has 0 spiro atoms. The molecular formula is C35H68O4. The van der Waals surface area contributed by atoms with Crippen molar-refractivity contribution < 1.29 is 19.1 Å². The van der Waals surface area contributed by atoms with E-state index >= 15 is 0 Å². The lowest BCUT2D eigenvalue weighted by Gasteiger charge is -2.33. The van der Waals surface area contributed by atoms with Crippen LogP contribution in [0, 0.1) is 29.6 Å². The standard InChI is InChI=1S/C33H62O4.C2H6/c1-6-8-10-12-14-24-36-32(34)30-23-22-29(21-17-20-28(5)19-16-18-27(3)4)26-31(30)33(35)37-25-15-13-11-9-7-2;1-2/h27-31H,6-26H2,1-5H3;1-2H3. The molecule has 39 heavy (non-hydrogen) atoms.